The van der Waals surface area contributed by atoms with E-state index in [1.807, 2.05) is 24.3 Å². The van der Waals surface area contributed by atoms with Crippen molar-refractivity contribution in [1.29, 1.82) is 5.26 Å². The normalized spacial score (nSPS) is 13.6. The molecule has 0 unspecified atom stereocenters. The fourth-order valence-corrected chi connectivity index (χ4v) is 3.13. The molecule has 0 atom stereocenters. The molecule has 6 heteroatoms. The van der Waals surface area contributed by atoms with Gasteiger partial charge < -0.3 is 10.1 Å². The molecule has 0 spiro atoms. The highest BCUT2D eigenvalue weighted by atomic mass is 32.2. The van der Waals surface area contributed by atoms with E-state index >= 15 is 0 Å². The van der Waals surface area contributed by atoms with E-state index in [0.29, 0.717) is 34.2 Å². The van der Waals surface area contributed by atoms with Crippen molar-refractivity contribution >= 4 is 17.6 Å². The van der Waals surface area contributed by atoms with E-state index in [2.05, 4.69) is 35.2 Å². The van der Waals surface area contributed by atoms with E-state index in [1.165, 1.54) is 0 Å². The number of nitrogens with zero attached hydrogens (tertiary/aromatic N) is 3. The van der Waals surface area contributed by atoms with Crippen LogP contribution in [0.5, 0.6) is 5.75 Å². The van der Waals surface area contributed by atoms with Crippen molar-refractivity contribution < 1.29 is 4.74 Å². The lowest BCUT2D eigenvalue weighted by Crippen LogP contribution is -2.09. The summed E-state index contributed by atoms with van der Waals surface area (Å²) in [5.74, 6) is 2.92. The smallest absolute Gasteiger partial charge is 0.190 e. The first kappa shape index (κ1) is 17.6. The van der Waals surface area contributed by atoms with Crippen LogP contribution < -0.4 is 10.1 Å². The van der Waals surface area contributed by atoms with Crippen LogP contribution >= 0.6 is 11.8 Å². The summed E-state index contributed by atoms with van der Waals surface area (Å²) in [4.78, 5) is 9.29. The van der Waals surface area contributed by atoms with Gasteiger partial charge in [-0.15, -0.1) is 0 Å². The van der Waals surface area contributed by atoms with Crippen LogP contribution in [0.25, 0.3) is 11.3 Å². The Hall–Kier alpha value is -2.26. The van der Waals surface area contributed by atoms with Gasteiger partial charge in [0.25, 0.3) is 0 Å². The maximum Gasteiger partial charge on any atom is 0.190 e. The first-order chi connectivity index (χ1) is 12.1. The molecule has 3 rings (SSSR count). The highest BCUT2D eigenvalue weighted by Crippen LogP contribution is 2.33. The van der Waals surface area contributed by atoms with Crippen molar-refractivity contribution in [1.82, 2.24) is 9.97 Å². The molecule has 0 amide bonds. The molecule has 1 aromatic carbocycles. The molecule has 1 heterocycles. The molecule has 0 bridgehead atoms. The average molecular weight is 354 g/mol. The molecule has 25 heavy (non-hydrogen) atoms. The molecule has 1 saturated carbocycles. The number of hydrogen-bond acceptors (Lipinski definition) is 6. The van der Waals surface area contributed by atoms with Crippen molar-refractivity contribution in [2.75, 3.05) is 18.2 Å². The maximum atomic E-state index is 9.70. The predicted molar refractivity (Wildman–Crippen MR) is 101 cm³/mol. The number of ether oxygens (including phenoxy) is 1. The zero-order valence-electron chi connectivity index (χ0n) is 14.7. The van der Waals surface area contributed by atoms with Crippen LogP contribution in [-0.2, 0) is 0 Å². The fraction of sp³-hybridized carbons (Fsp3) is 0.421. The van der Waals surface area contributed by atoms with Crippen LogP contribution in [0.4, 0.5) is 5.82 Å². The standard InChI is InChI=1S/C19H22N4OS/c1-12(2)11-25-19-22-17(13-4-8-15(24-3)9-5-13)16(10-20)18(23-19)21-14-6-7-14/h4-5,8-9,12,14H,6-7,11H2,1-3H3,(H,21,22,23). The molecule has 1 aliphatic rings. The lowest BCUT2D eigenvalue weighted by molar-refractivity contribution is 0.415. The van der Waals surface area contributed by atoms with Gasteiger partial charge in [-0.25, -0.2) is 9.97 Å². The van der Waals surface area contributed by atoms with E-state index < -0.39 is 0 Å². The second-order valence-corrected chi connectivity index (χ2v) is 7.53. The van der Waals surface area contributed by atoms with Gasteiger partial charge in [0.2, 0.25) is 0 Å². The van der Waals surface area contributed by atoms with Crippen LogP contribution in [-0.4, -0.2) is 28.9 Å². The van der Waals surface area contributed by atoms with Crippen molar-refractivity contribution in [3.05, 3.63) is 29.8 Å². The summed E-state index contributed by atoms with van der Waals surface area (Å²) in [6.45, 7) is 4.34. The van der Waals surface area contributed by atoms with Crippen molar-refractivity contribution in [3.63, 3.8) is 0 Å². The molecular formula is C19H22N4OS. The van der Waals surface area contributed by atoms with Gasteiger partial charge in [-0.1, -0.05) is 25.6 Å². The monoisotopic (exact) mass is 354 g/mol. The quantitative estimate of drug-likeness (QED) is 0.589. The van der Waals surface area contributed by atoms with E-state index in [1.54, 1.807) is 18.9 Å². The van der Waals surface area contributed by atoms with Gasteiger partial charge >= 0.3 is 0 Å². The maximum absolute atomic E-state index is 9.70. The lowest BCUT2D eigenvalue weighted by Gasteiger charge is -2.13. The number of benzene rings is 1. The van der Waals surface area contributed by atoms with E-state index in [9.17, 15) is 5.26 Å². The van der Waals surface area contributed by atoms with Gasteiger partial charge in [-0.05, 0) is 43.0 Å². The Balaban J connectivity index is 2.02. The van der Waals surface area contributed by atoms with Gasteiger partial charge in [-0.2, -0.15) is 5.26 Å². The van der Waals surface area contributed by atoms with Crippen LogP contribution in [0.15, 0.2) is 29.4 Å². The van der Waals surface area contributed by atoms with Crippen LogP contribution in [0.1, 0.15) is 32.3 Å². The van der Waals surface area contributed by atoms with Gasteiger partial charge in [0.1, 0.15) is 23.2 Å². The molecule has 0 saturated heterocycles. The summed E-state index contributed by atoms with van der Waals surface area (Å²) in [5, 5.41) is 13.8. The molecule has 5 nitrogen and oxygen atoms in total. The summed E-state index contributed by atoms with van der Waals surface area (Å²) >= 11 is 1.63. The molecule has 1 aromatic heterocycles. The summed E-state index contributed by atoms with van der Waals surface area (Å²) < 4.78 is 5.22. The molecular weight excluding hydrogens is 332 g/mol. The Morgan fingerprint density at radius 1 is 1.28 bits per heavy atom. The van der Waals surface area contributed by atoms with Gasteiger partial charge in [0.05, 0.1) is 12.8 Å². The zero-order chi connectivity index (χ0) is 17.8. The van der Waals surface area contributed by atoms with E-state index in [4.69, 9.17) is 4.74 Å². The van der Waals surface area contributed by atoms with Gasteiger partial charge in [-0.3, -0.25) is 0 Å². The molecule has 0 radical (unpaired) electrons. The first-order valence-corrected chi connectivity index (χ1v) is 9.45. The Labute approximate surface area is 152 Å². The number of nitrogens with one attached hydrogen (secondary N) is 1. The molecule has 130 valence electrons. The number of thioether (sulfide) groups is 1. The zero-order valence-corrected chi connectivity index (χ0v) is 15.6. The minimum absolute atomic E-state index is 0.425. The Kier molecular flexibility index (Phi) is 5.44. The third kappa shape index (κ3) is 4.43. The minimum atomic E-state index is 0.425. The Bertz CT molecular complexity index is 779. The van der Waals surface area contributed by atoms with E-state index in [-0.39, 0.29) is 0 Å². The third-order valence-corrected chi connectivity index (χ3v) is 5.10. The minimum Gasteiger partial charge on any atom is -0.497 e. The van der Waals surface area contributed by atoms with Crippen LogP contribution in [0.3, 0.4) is 0 Å². The summed E-state index contributed by atoms with van der Waals surface area (Å²) in [6.07, 6.45) is 2.25. The fourth-order valence-electron chi connectivity index (χ4n) is 2.34. The Morgan fingerprint density at radius 2 is 2.00 bits per heavy atom. The number of anilines is 1. The number of methoxy groups -OCH3 is 1. The summed E-state index contributed by atoms with van der Waals surface area (Å²) in [5.41, 5.74) is 2.07. The van der Waals surface area contributed by atoms with E-state index in [0.717, 1.165) is 29.9 Å². The summed E-state index contributed by atoms with van der Waals surface area (Å²) in [7, 11) is 1.64. The molecule has 2 aromatic rings. The molecule has 1 aliphatic carbocycles. The number of aromatic nitrogens is 2. The lowest BCUT2D eigenvalue weighted by atomic mass is 10.1. The SMILES string of the molecule is COc1ccc(-c2nc(SCC(C)C)nc(NC3CC3)c2C#N)cc1. The molecule has 1 N–H and O–H groups in total. The van der Waals surface area contributed by atoms with Gasteiger partial charge in [0, 0.05) is 17.4 Å². The second kappa shape index (κ2) is 7.75. The van der Waals surface area contributed by atoms with Crippen molar-refractivity contribution in [2.24, 2.45) is 5.92 Å². The number of nitriles is 1. The molecule has 0 aliphatic heterocycles. The van der Waals surface area contributed by atoms with Crippen molar-refractivity contribution in [3.8, 4) is 23.1 Å². The predicted octanol–water partition coefficient (Wildman–Crippen LogP) is 4.35. The Morgan fingerprint density at radius 3 is 2.56 bits per heavy atom. The number of rotatable bonds is 7. The topological polar surface area (TPSA) is 70.8 Å². The molecule has 1 fully saturated rings. The first-order valence-electron chi connectivity index (χ1n) is 8.46. The average Bonchev–Trinajstić information content (AvgIpc) is 3.43. The third-order valence-electron chi connectivity index (χ3n) is 3.83. The highest BCUT2D eigenvalue weighted by molar-refractivity contribution is 7.99. The van der Waals surface area contributed by atoms with Crippen molar-refractivity contribution in [2.45, 2.75) is 37.9 Å². The largest absolute Gasteiger partial charge is 0.497 e. The van der Waals surface area contributed by atoms with Crippen LogP contribution in [0, 0.1) is 17.2 Å². The second-order valence-electron chi connectivity index (χ2n) is 6.54. The van der Waals surface area contributed by atoms with Gasteiger partial charge in [0.15, 0.2) is 5.16 Å². The number of hydrogen-bond donors (Lipinski definition) is 1. The highest BCUT2D eigenvalue weighted by Gasteiger charge is 2.25. The van der Waals surface area contributed by atoms with Crippen LogP contribution in [0.2, 0.25) is 0 Å². The summed E-state index contributed by atoms with van der Waals surface area (Å²) in [6, 6.07) is 10.3.